The lowest BCUT2D eigenvalue weighted by atomic mass is 9.84. The molecule has 4 rings (SSSR count). The summed E-state index contributed by atoms with van der Waals surface area (Å²) < 4.78 is 21.8. The highest BCUT2D eigenvalue weighted by Gasteiger charge is 2.23. The van der Waals surface area contributed by atoms with Crippen molar-refractivity contribution in [3.63, 3.8) is 0 Å². The van der Waals surface area contributed by atoms with Gasteiger partial charge in [-0.15, -0.1) is 0 Å². The minimum atomic E-state index is 0.109. The molecule has 0 radical (unpaired) electrons. The lowest BCUT2D eigenvalue weighted by Crippen LogP contribution is -2.14. The Balaban J connectivity index is 1.86. The summed E-state index contributed by atoms with van der Waals surface area (Å²) in [5.41, 5.74) is 3.90. The molecule has 0 spiro atoms. The number of ether oxygens (including phenoxy) is 4. The first kappa shape index (κ1) is 18.4. The molecule has 1 unspecified atom stereocenters. The Bertz CT molecular complexity index is 934. The smallest absolute Gasteiger partial charge is 0.147 e. The first-order valence-electron chi connectivity index (χ1n) is 9.46. The average molecular weight is 366 g/mol. The van der Waals surface area contributed by atoms with Crippen LogP contribution in [0, 0.1) is 0 Å². The van der Waals surface area contributed by atoms with Crippen molar-refractivity contribution in [3.8, 4) is 0 Å². The van der Waals surface area contributed by atoms with Gasteiger partial charge in [-0.3, -0.25) is 0 Å². The number of hydrogen-bond acceptors (Lipinski definition) is 4. The van der Waals surface area contributed by atoms with Gasteiger partial charge >= 0.3 is 0 Å². The number of hydrogen-bond donors (Lipinski definition) is 0. The predicted molar refractivity (Wildman–Crippen MR) is 107 cm³/mol. The molecule has 142 valence electrons. The van der Waals surface area contributed by atoms with Gasteiger partial charge in [0.2, 0.25) is 0 Å². The predicted octanol–water partition coefficient (Wildman–Crippen LogP) is 5.11. The molecule has 0 heterocycles. The monoisotopic (exact) mass is 366 g/mol. The summed E-state index contributed by atoms with van der Waals surface area (Å²) in [6.45, 7) is 1.17. The van der Waals surface area contributed by atoms with E-state index in [0.717, 1.165) is 19.3 Å². The Morgan fingerprint density at radius 3 is 2.48 bits per heavy atom. The fraction of sp³-hybridized carbons (Fsp3) is 0.391. The van der Waals surface area contributed by atoms with Crippen LogP contribution in [0.15, 0.2) is 42.5 Å². The largest absolute Gasteiger partial charge is 0.359 e. The molecule has 0 fully saturated rings. The lowest BCUT2D eigenvalue weighted by Gasteiger charge is -2.27. The maximum absolute atomic E-state index is 5.94. The number of aryl methyl sites for hydroxylation is 1. The van der Waals surface area contributed by atoms with Crippen molar-refractivity contribution in [2.45, 2.75) is 32.0 Å². The molecule has 1 atom stereocenters. The van der Waals surface area contributed by atoms with Gasteiger partial charge in [-0.2, -0.15) is 0 Å². The Labute approximate surface area is 160 Å². The lowest BCUT2D eigenvalue weighted by molar-refractivity contribution is -0.0782. The normalized spacial score (nSPS) is 16.7. The molecule has 0 saturated heterocycles. The third kappa shape index (κ3) is 3.58. The number of fused-ring (bicyclic) bond motifs is 5. The van der Waals surface area contributed by atoms with Crippen molar-refractivity contribution in [1.29, 1.82) is 0 Å². The van der Waals surface area contributed by atoms with Crippen LogP contribution in [0.25, 0.3) is 21.5 Å². The van der Waals surface area contributed by atoms with Crippen molar-refractivity contribution in [3.05, 3.63) is 59.2 Å². The molecule has 4 nitrogen and oxygen atoms in total. The standard InChI is InChI=1S/C23H26O4/c1-24-14-26-13-16-12-22-19-8-5-9-23(27-15-25-2)21(19)11-10-20(22)18-7-4-3-6-17(16)18/h3-4,6-7,10-12,23H,5,8-9,13-15H2,1-2H3. The summed E-state index contributed by atoms with van der Waals surface area (Å²) in [5.74, 6) is 0. The molecule has 0 saturated carbocycles. The fourth-order valence-corrected chi connectivity index (χ4v) is 4.21. The zero-order valence-electron chi connectivity index (χ0n) is 16.0. The van der Waals surface area contributed by atoms with Gasteiger partial charge in [0.1, 0.15) is 13.6 Å². The molecule has 27 heavy (non-hydrogen) atoms. The van der Waals surface area contributed by atoms with Crippen LogP contribution in [0.3, 0.4) is 0 Å². The Morgan fingerprint density at radius 1 is 0.889 bits per heavy atom. The van der Waals surface area contributed by atoms with Gasteiger partial charge in [0.25, 0.3) is 0 Å². The Hall–Kier alpha value is -1.98. The maximum atomic E-state index is 5.94. The van der Waals surface area contributed by atoms with E-state index in [1.807, 2.05) is 0 Å². The summed E-state index contributed by atoms with van der Waals surface area (Å²) in [6, 6.07) is 15.3. The zero-order valence-corrected chi connectivity index (χ0v) is 16.0. The molecule has 0 bridgehead atoms. The van der Waals surface area contributed by atoms with E-state index in [2.05, 4.69) is 42.5 Å². The minimum absolute atomic E-state index is 0.109. The van der Waals surface area contributed by atoms with Gasteiger partial charge in [0.05, 0.1) is 12.7 Å². The van der Waals surface area contributed by atoms with Gasteiger partial charge < -0.3 is 18.9 Å². The van der Waals surface area contributed by atoms with Crippen molar-refractivity contribution in [1.82, 2.24) is 0 Å². The van der Waals surface area contributed by atoms with Crippen LogP contribution in [-0.2, 0) is 32.0 Å². The number of rotatable bonds is 7. The van der Waals surface area contributed by atoms with E-state index < -0.39 is 0 Å². The Kier molecular flexibility index (Phi) is 5.69. The molecule has 4 heteroatoms. The maximum Gasteiger partial charge on any atom is 0.147 e. The zero-order chi connectivity index (χ0) is 18.6. The Morgan fingerprint density at radius 2 is 1.67 bits per heavy atom. The number of methoxy groups -OCH3 is 2. The molecule has 3 aromatic carbocycles. The van der Waals surface area contributed by atoms with E-state index in [4.69, 9.17) is 18.9 Å². The highest BCUT2D eigenvalue weighted by Crippen LogP contribution is 2.39. The average Bonchev–Trinajstić information content (AvgIpc) is 2.72. The minimum Gasteiger partial charge on any atom is -0.359 e. The van der Waals surface area contributed by atoms with Crippen molar-refractivity contribution in [2.24, 2.45) is 0 Å². The van der Waals surface area contributed by atoms with Crippen molar-refractivity contribution in [2.75, 3.05) is 27.8 Å². The van der Waals surface area contributed by atoms with Gasteiger partial charge in [0.15, 0.2) is 0 Å². The third-order valence-electron chi connectivity index (χ3n) is 5.36. The topological polar surface area (TPSA) is 36.9 Å². The molecule has 3 aromatic rings. The molecule has 0 aliphatic heterocycles. The summed E-state index contributed by atoms with van der Waals surface area (Å²) >= 11 is 0. The molecular formula is C23H26O4. The van der Waals surface area contributed by atoms with E-state index in [0.29, 0.717) is 20.2 Å². The molecule has 1 aliphatic carbocycles. The fourth-order valence-electron chi connectivity index (χ4n) is 4.21. The second kappa shape index (κ2) is 8.36. The third-order valence-corrected chi connectivity index (χ3v) is 5.36. The van der Waals surface area contributed by atoms with Gasteiger partial charge in [-0.1, -0.05) is 36.4 Å². The van der Waals surface area contributed by atoms with Crippen LogP contribution in [0.1, 0.15) is 35.6 Å². The first-order chi connectivity index (χ1) is 13.3. The van der Waals surface area contributed by atoms with E-state index in [9.17, 15) is 0 Å². The van der Waals surface area contributed by atoms with E-state index in [1.54, 1.807) is 14.2 Å². The van der Waals surface area contributed by atoms with Crippen LogP contribution in [0.2, 0.25) is 0 Å². The van der Waals surface area contributed by atoms with Crippen LogP contribution in [0.4, 0.5) is 0 Å². The van der Waals surface area contributed by atoms with Gasteiger partial charge in [-0.25, -0.2) is 0 Å². The summed E-state index contributed by atoms with van der Waals surface area (Å²) in [5, 5.41) is 5.12. The summed E-state index contributed by atoms with van der Waals surface area (Å²) in [4.78, 5) is 0. The van der Waals surface area contributed by atoms with Gasteiger partial charge in [0, 0.05) is 14.2 Å². The van der Waals surface area contributed by atoms with Crippen LogP contribution in [0.5, 0.6) is 0 Å². The van der Waals surface area contributed by atoms with E-state index >= 15 is 0 Å². The van der Waals surface area contributed by atoms with Crippen LogP contribution in [-0.4, -0.2) is 27.8 Å². The SMILES string of the molecule is COCOCc1cc2c3c(ccc2c2ccccc12)C(OCOC)CCC3. The molecule has 0 aromatic heterocycles. The second-order valence-electron chi connectivity index (χ2n) is 7.02. The molecule has 0 amide bonds. The van der Waals surface area contributed by atoms with Crippen LogP contribution >= 0.6 is 0 Å². The molecule has 0 N–H and O–H groups in total. The van der Waals surface area contributed by atoms with Crippen molar-refractivity contribution < 1.29 is 18.9 Å². The molecular weight excluding hydrogens is 340 g/mol. The van der Waals surface area contributed by atoms with Gasteiger partial charge in [-0.05, 0) is 63.6 Å². The summed E-state index contributed by atoms with van der Waals surface area (Å²) in [7, 11) is 3.32. The van der Waals surface area contributed by atoms with E-state index in [1.165, 1.54) is 38.2 Å². The van der Waals surface area contributed by atoms with E-state index in [-0.39, 0.29) is 6.10 Å². The summed E-state index contributed by atoms with van der Waals surface area (Å²) in [6.07, 6.45) is 3.36. The number of benzene rings is 3. The highest BCUT2D eigenvalue weighted by atomic mass is 16.7. The first-order valence-corrected chi connectivity index (χ1v) is 9.46. The second-order valence-corrected chi connectivity index (χ2v) is 7.02. The quantitative estimate of drug-likeness (QED) is 0.331. The van der Waals surface area contributed by atoms with Crippen LogP contribution < -0.4 is 0 Å². The highest BCUT2D eigenvalue weighted by molar-refractivity contribution is 6.10. The van der Waals surface area contributed by atoms with Crippen molar-refractivity contribution >= 4 is 21.5 Å². The molecule has 1 aliphatic rings.